The quantitative estimate of drug-likeness (QED) is 0.777. The lowest BCUT2D eigenvalue weighted by Gasteiger charge is -2.00. The van der Waals surface area contributed by atoms with Crippen LogP contribution >= 0.6 is 11.3 Å². The average Bonchev–Trinajstić information content (AvgIpc) is 2.90. The summed E-state index contributed by atoms with van der Waals surface area (Å²) in [4.78, 5) is 19.3. The number of amides is 1. The van der Waals surface area contributed by atoms with Gasteiger partial charge in [-0.1, -0.05) is 0 Å². The fourth-order valence-electron chi connectivity index (χ4n) is 1.06. The van der Waals surface area contributed by atoms with Gasteiger partial charge in [-0.3, -0.25) is 9.89 Å². The van der Waals surface area contributed by atoms with Crippen LogP contribution in [0.2, 0.25) is 0 Å². The van der Waals surface area contributed by atoms with E-state index in [-0.39, 0.29) is 5.91 Å². The Labute approximate surface area is 89.8 Å². The Morgan fingerprint density at radius 3 is 3.13 bits per heavy atom. The number of rotatable bonds is 4. The number of nitrogens with zero attached hydrogens (tertiary/aromatic N) is 3. The molecule has 0 unspecified atom stereocenters. The molecule has 1 amide bonds. The van der Waals surface area contributed by atoms with Crippen LogP contribution in [-0.4, -0.2) is 32.6 Å². The molecule has 2 aromatic heterocycles. The molecule has 0 atom stereocenters. The lowest BCUT2D eigenvalue weighted by molar-refractivity contribution is 0.0949. The van der Waals surface area contributed by atoms with Crippen molar-refractivity contribution in [3.63, 3.8) is 0 Å². The maximum absolute atomic E-state index is 11.4. The van der Waals surface area contributed by atoms with E-state index in [1.165, 1.54) is 17.7 Å². The van der Waals surface area contributed by atoms with Gasteiger partial charge in [0, 0.05) is 18.3 Å². The number of thiazole rings is 1. The minimum atomic E-state index is -0.157. The highest BCUT2D eigenvalue weighted by molar-refractivity contribution is 7.07. The first-order chi connectivity index (χ1) is 7.36. The Balaban J connectivity index is 1.77. The number of hydrogen-bond acceptors (Lipinski definition) is 5. The molecule has 2 rings (SSSR count). The first-order valence-electron chi connectivity index (χ1n) is 4.37. The zero-order valence-corrected chi connectivity index (χ0v) is 8.62. The number of hydrogen-bond donors (Lipinski definition) is 2. The van der Waals surface area contributed by atoms with Gasteiger partial charge in [-0.2, -0.15) is 5.10 Å². The summed E-state index contributed by atoms with van der Waals surface area (Å²) in [5.74, 6) is 0.601. The number of aromatic nitrogens is 4. The fraction of sp³-hybridized carbons (Fsp3) is 0.250. The second kappa shape index (κ2) is 4.65. The molecular weight excluding hydrogens is 214 g/mol. The van der Waals surface area contributed by atoms with E-state index < -0.39 is 0 Å². The van der Waals surface area contributed by atoms with Crippen molar-refractivity contribution < 1.29 is 4.79 Å². The molecule has 7 heteroatoms. The predicted octanol–water partition coefficient (Wildman–Crippen LogP) is 0.234. The highest BCUT2D eigenvalue weighted by atomic mass is 32.1. The summed E-state index contributed by atoms with van der Waals surface area (Å²) in [5.41, 5.74) is 2.09. The monoisotopic (exact) mass is 223 g/mol. The molecule has 2 aromatic rings. The molecule has 0 saturated heterocycles. The van der Waals surface area contributed by atoms with Gasteiger partial charge in [-0.25, -0.2) is 9.97 Å². The molecule has 0 aliphatic carbocycles. The molecule has 0 saturated carbocycles. The Bertz CT molecular complexity index is 410. The summed E-state index contributed by atoms with van der Waals surface area (Å²) in [7, 11) is 0. The first kappa shape index (κ1) is 9.78. The zero-order chi connectivity index (χ0) is 10.5. The molecule has 6 nitrogen and oxygen atoms in total. The van der Waals surface area contributed by atoms with E-state index in [1.54, 1.807) is 10.9 Å². The summed E-state index contributed by atoms with van der Waals surface area (Å²) in [6.45, 7) is 0.519. The van der Waals surface area contributed by atoms with Gasteiger partial charge in [0.15, 0.2) is 0 Å². The van der Waals surface area contributed by atoms with Crippen molar-refractivity contribution in [1.29, 1.82) is 0 Å². The molecule has 0 bridgehead atoms. The van der Waals surface area contributed by atoms with Crippen LogP contribution in [-0.2, 0) is 6.42 Å². The van der Waals surface area contributed by atoms with Crippen molar-refractivity contribution >= 4 is 17.2 Å². The third-order valence-corrected chi connectivity index (χ3v) is 2.36. The molecule has 15 heavy (non-hydrogen) atoms. The van der Waals surface area contributed by atoms with Crippen LogP contribution in [0.5, 0.6) is 0 Å². The molecule has 2 N–H and O–H groups in total. The summed E-state index contributed by atoms with van der Waals surface area (Å²) < 4.78 is 0. The first-order valence-corrected chi connectivity index (χ1v) is 5.31. The van der Waals surface area contributed by atoms with E-state index in [0.29, 0.717) is 18.7 Å². The van der Waals surface area contributed by atoms with Crippen molar-refractivity contribution in [3.8, 4) is 0 Å². The van der Waals surface area contributed by atoms with Gasteiger partial charge in [0.1, 0.15) is 17.8 Å². The van der Waals surface area contributed by atoms with Crippen molar-refractivity contribution in [3.05, 3.63) is 28.7 Å². The van der Waals surface area contributed by atoms with Crippen LogP contribution in [0.25, 0.3) is 0 Å². The highest BCUT2D eigenvalue weighted by Crippen LogP contribution is 1.99. The normalized spacial score (nSPS) is 10.1. The lowest BCUT2D eigenvalue weighted by Crippen LogP contribution is -2.26. The Morgan fingerprint density at radius 1 is 1.53 bits per heavy atom. The standard InChI is InChI=1S/C8H9N5OS/c14-8(6-3-15-5-11-6)9-2-1-7-10-4-12-13-7/h3-5H,1-2H2,(H,9,14)(H,10,12,13). The van der Waals surface area contributed by atoms with E-state index in [1.807, 2.05) is 0 Å². The molecule has 0 radical (unpaired) electrons. The summed E-state index contributed by atoms with van der Waals surface area (Å²) in [6, 6.07) is 0. The Hall–Kier alpha value is -1.76. The van der Waals surface area contributed by atoms with E-state index >= 15 is 0 Å². The van der Waals surface area contributed by atoms with Crippen LogP contribution in [0, 0.1) is 0 Å². The summed E-state index contributed by atoms with van der Waals surface area (Å²) in [6.07, 6.45) is 2.08. The van der Waals surface area contributed by atoms with Crippen molar-refractivity contribution in [1.82, 2.24) is 25.5 Å². The smallest absolute Gasteiger partial charge is 0.270 e. The third kappa shape index (κ3) is 2.59. The zero-order valence-electron chi connectivity index (χ0n) is 7.80. The van der Waals surface area contributed by atoms with Crippen LogP contribution in [0.15, 0.2) is 17.2 Å². The van der Waals surface area contributed by atoms with Crippen LogP contribution in [0.1, 0.15) is 16.3 Å². The second-order valence-corrected chi connectivity index (χ2v) is 3.53. The van der Waals surface area contributed by atoms with E-state index in [0.717, 1.165) is 5.82 Å². The van der Waals surface area contributed by atoms with Crippen LogP contribution in [0.3, 0.4) is 0 Å². The molecule has 0 spiro atoms. The van der Waals surface area contributed by atoms with Gasteiger partial charge < -0.3 is 5.32 Å². The fourth-order valence-corrected chi connectivity index (χ4v) is 1.59. The summed E-state index contributed by atoms with van der Waals surface area (Å²) in [5, 5.41) is 10.9. The van der Waals surface area contributed by atoms with Gasteiger partial charge in [0.05, 0.1) is 5.51 Å². The highest BCUT2D eigenvalue weighted by Gasteiger charge is 2.06. The van der Waals surface area contributed by atoms with E-state index in [4.69, 9.17) is 0 Å². The Morgan fingerprint density at radius 2 is 2.47 bits per heavy atom. The van der Waals surface area contributed by atoms with Crippen molar-refractivity contribution in [2.24, 2.45) is 0 Å². The molecule has 78 valence electrons. The molecular formula is C8H9N5OS. The van der Waals surface area contributed by atoms with Gasteiger partial charge >= 0.3 is 0 Å². The van der Waals surface area contributed by atoms with Crippen molar-refractivity contribution in [2.45, 2.75) is 6.42 Å². The maximum Gasteiger partial charge on any atom is 0.270 e. The number of H-pyrrole nitrogens is 1. The molecule has 0 aliphatic rings. The van der Waals surface area contributed by atoms with Gasteiger partial charge in [0.25, 0.3) is 5.91 Å². The second-order valence-electron chi connectivity index (χ2n) is 2.81. The van der Waals surface area contributed by atoms with Gasteiger partial charge in [-0.15, -0.1) is 11.3 Å². The number of aromatic amines is 1. The molecule has 0 fully saturated rings. The molecule has 2 heterocycles. The molecule has 0 aromatic carbocycles. The maximum atomic E-state index is 11.4. The number of carbonyl (C=O) groups excluding carboxylic acids is 1. The minimum Gasteiger partial charge on any atom is -0.350 e. The number of nitrogens with one attached hydrogen (secondary N) is 2. The topological polar surface area (TPSA) is 83.6 Å². The SMILES string of the molecule is O=C(NCCc1ncn[nH]1)c1cscn1. The van der Waals surface area contributed by atoms with Gasteiger partial charge in [0.2, 0.25) is 0 Å². The lowest BCUT2D eigenvalue weighted by atomic mass is 10.4. The molecule has 0 aliphatic heterocycles. The number of carbonyl (C=O) groups is 1. The summed E-state index contributed by atoms with van der Waals surface area (Å²) >= 11 is 1.40. The predicted molar refractivity (Wildman–Crippen MR) is 54.5 cm³/mol. The minimum absolute atomic E-state index is 0.157. The van der Waals surface area contributed by atoms with Crippen molar-refractivity contribution in [2.75, 3.05) is 6.54 Å². The van der Waals surface area contributed by atoms with Crippen LogP contribution in [0.4, 0.5) is 0 Å². The average molecular weight is 223 g/mol. The van der Waals surface area contributed by atoms with Crippen LogP contribution < -0.4 is 5.32 Å². The largest absolute Gasteiger partial charge is 0.350 e. The van der Waals surface area contributed by atoms with E-state index in [2.05, 4.69) is 25.5 Å². The van der Waals surface area contributed by atoms with E-state index in [9.17, 15) is 4.79 Å². The third-order valence-electron chi connectivity index (χ3n) is 1.78. The Kier molecular flexibility index (Phi) is 3.03. The van der Waals surface area contributed by atoms with Gasteiger partial charge in [-0.05, 0) is 0 Å².